The quantitative estimate of drug-likeness (QED) is 0.0362. The van der Waals surface area contributed by atoms with Crippen LogP contribution in [0.4, 0.5) is 4.39 Å². The first kappa shape index (κ1) is 48.5. The Morgan fingerprint density at radius 3 is 1.92 bits per heavy atom. The number of thiol groups is 3. The van der Waals surface area contributed by atoms with Gasteiger partial charge in [-0.25, -0.2) is 14.0 Å². The van der Waals surface area contributed by atoms with Crippen LogP contribution in [0, 0.1) is 17.2 Å². The highest BCUT2D eigenvalue weighted by Crippen LogP contribution is 2.41. The molecule has 0 spiro atoms. The van der Waals surface area contributed by atoms with Gasteiger partial charge in [0, 0.05) is 22.5 Å². The third kappa shape index (κ3) is 13.9. The van der Waals surface area contributed by atoms with Crippen molar-refractivity contribution in [1.82, 2.24) is 0 Å². The van der Waals surface area contributed by atoms with Gasteiger partial charge < -0.3 is 14.2 Å². The second kappa shape index (κ2) is 24.3. The highest BCUT2D eigenvalue weighted by atomic mass is 32.1. The van der Waals surface area contributed by atoms with E-state index < -0.39 is 17.4 Å². The molecule has 1 fully saturated rings. The maximum atomic E-state index is 16.1. The Balaban J connectivity index is 1.66. The number of hydrogen-bond donors (Lipinski definition) is 3. The SMILES string of the molecule is C=C(C)C(=O)OCC(CS)(COC(=O)C(=C)C)COc1cc(CCCS)c(-c2ccc(-c3ccc(C4CCC(CCCCC)CC4)cc3F)c(CC)c2)cc1CCCS. The number of ether oxygens (including phenoxy) is 3. The molecule has 3 aromatic carbocycles. The third-order valence-electron chi connectivity index (χ3n) is 11.7. The zero-order valence-electron chi connectivity index (χ0n) is 35.9. The fourth-order valence-electron chi connectivity index (χ4n) is 7.98. The summed E-state index contributed by atoms with van der Waals surface area (Å²) in [6, 6.07) is 16.7. The van der Waals surface area contributed by atoms with Gasteiger partial charge in [0.05, 0.1) is 5.41 Å². The molecule has 0 unspecified atom stereocenters. The fraction of sp³-hybridized carbons (Fsp3) is 0.520. The van der Waals surface area contributed by atoms with Crippen LogP contribution in [-0.4, -0.2) is 49.0 Å². The van der Waals surface area contributed by atoms with Gasteiger partial charge in [-0.2, -0.15) is 37.9 Å². The molecule has 0 aliphatic heterocycles. The van der Waals surface area contributed by atoms with Crippen molar-refractivity contribution in [2.24, 2.45) is 11.3 Å². The number of unbranched alkanes of at least 4 members (excludes halogenated alkanes) is 2. The number of halogens is 1. The molecule has 1 saturated carbocycles. The molecule has 1 aliphatic carbocycles. The standard InChI is InChI=1S/C50H67FO5S3/c1-7-9-10-13-36-16-18-38(19-17-36)39-20-23-44(46(51)28-39)43-22-21-41(26-37(43)8-2)45-27-42(15-12-25-58)47(29-40(45)14-11-24-57)54-30-50(33-59,31-55-48(52)34(3)4)32-56-49(53)35(5)6/h20-23,26-29,36,38,57-59H,3,5,7-19,24-25,30-33H2,1-2,4,6H3. The molecule has 0 amide bonds. The lowest BCUT2D eigenvalue weighted by atomic mass is 9.77. The molecule has 322 valence electrons. The summed E-state index contributed by atoms with van der Waals surface area (Å²) >= 11 is 13.7. The lowest BCUT2D eigenvalue weighted by molar-refractivity contribution is -0.149. The van der Waals surface area contributed by atoms with Crippen molar-refractivity contribution < 1.29 is 28.2 Å². The summed E-state index contributed by atoms with van der Waals surface area (Å²) < 4.78 is 33.9. The van der Waals surface area contributed by atoms with Crippen LogP contribution < -0.4 is 4.74 Å². The average Bonchev–Trinajstić information content (AvgIpc) is 3.24. The Morgan fingerprint density at radius 1 is 0.729 bits per heavy atom. The number of esters is 2. The number of rotatable bonds is 24. The van der Waals surface area contributed by atoms with Gasteiger partial charge in [0.25, 0.3) is 0 Å². The predicted octanol–water partition coefficient (Wildman–Crippen LogP) is 12.8. The van der Waals surface area contributed by atoms with E-state index in [2.05, 4.69) is 101 Å². The fourth-order valence-corrected chi connectivity index (χ4v) is 8.57. The first-order chi connectivity index (χ1) is 28.4. The van der Waals surface area contributed by atoms with Gasteiger partial charge in [0.1, 0.15) is 31.4 Å². The first-order valence-electron chi connectivity index (χ1n) is 21.6. The van der Waals surface area contributed by atoms with E-state index >= 15 is 4.39 Å². The van der Waals surface area contributed by atoms with Crippen LogP contribution in [0.5, 0.6) is 5.75 Å². The van der Waals surface area contributed by atoms with Gasteiger partial charge in [0.2, 0.25) is 0 Å². The third-order valence-corrected chi connectivity index (χ3v) is 13.0. The highest BCUT2D eigenvalue weighted by Gasteiger charge is 2.35. The zero-order chi connectivity index (χ0) is 43.0. The van der Waals surface area contributed by atoms with Crippen LogP contribution >= 0.6 is 37.9 Å². The van der Waals surface area contributed by atoms with Crippen LogP contribution in [0.3, 0.4) is 0 Å². The lowest BCUT2D eigenvalue weighted by Crippen LogP contribution is -2.41. The average molecular weight is 863 g/mol. The molecule has 0 saturated heterocycles. The molecule has 9 heteroatoms. The summed E-state index contributed by atoms with van der Waals surface area (Å²) in [5, 5.41) is 0. The Kier molecular flexibility index (Phi) is 20.0. The van der Waals surface area contributed by atoms with E-state index in [0.29, 0.717) is 23.0 Å². The van der Waals surface area contributed by atoms with Gasteiger partial charge >= 0.3 is 11.9 Å². The Labute approximate surface area is 370 Å². The van der Waals surface area contributed by atoms with E-state index in [-0.39, 0.29) is 42.5 Å². The van der Waals surface area contributed by atoms with E-state index in [4.69, 9.17) is 14.2 Å². The van der Waals surface area contributed by atoms with Crippen molar-refractivity contribution in [3.8, 4) is 28.0 Å². The predicted molar refractivity (Wildman–Crippen MR) is 253 cm³/mol. The minimum atomic E-state index is -0.948. The van der Waals surface area contributed by atoms with Crippen molar-refractivity contribution >= 4 is 49.8 Å². The van der Waals surface area contributed by atoms with Crippen molar-refractivity contribution in [3.05, 3.63) is 101 Å². The van der Waals surface area contributed by atoms with Crippen molar-refractivity contribution in [3.63, 3.8) is 0 Å². The van der Waals surface area contributed by atoms with Crippen LogP contribution in [0.1, 0.15) is 120 Å². The maximum absolute atomic E-state index is 16.1. The summed E-state index contributed by atoms with van der Waals surface area (Å²) in [6.07, 6.45) is 14.0. The van der Waals surface area contributed by atoms with Gasteiger partial charge in [-0.3, -0.25) is 0 Å². The molecule has 59 heavy (non-hydrogen) atoms. The smallest absolute Gasteiger partial charge is 0.333 e. The first-order valence-corrected chi connectivity index (χ1v) is 23.5. The summed E-state index contributed by atoms with van der Waals surface area (Å²) in [5.41, 5.74) is 7.65. The number of benzene rings is 3. The van der Waals surface area contributed by atoms with Crippen molar-refractivity contribution in [2.75, 3.05) is 37.1 Å². The van der Waals surface area contributed by atoms with Gasteiger partial charge in [-0.1, -0.05) is 83.0 Å². The lowest BCUT2D eigenvalue weighted by Gasteiger charge is -2.31. The van der Waals surface area contributed by atoms with E-state index in [1.165, 1.54) is 38.5 Å². The second-order valence-corrected chi connectivity index (χ2v) is 17.8. The van der Waals surface area contributed by atoms with Crippen molar-refractivity contribution in [1.29, 1.82) is 0 Å². The molecular weight excluding hydrogens is 796 g/mol. The molecule has 0 radical (unpaired) electrons. The number of carbonyl (C=O) groups excluding carboxylic acids is 2. The summed E-state index contributed by atoms with van der Waals surface area (Å²) in [5.74, 6) is 2.35. The zero-order valence-corrected chi connectivity index (χ0v) is 38.6. The number of hydrogen-bond acceptors (Lipinski definition) is 8. The van der Waals surface area contributed by atoms with Gasteiger partial charge in [-0.05, 0) is 152 Å². The van der Waals surface area contributed by atoms with Crippen LogP contribution in [-0.2, 0) is 38.3 Å². The van der Waals surface area contributed by atoms with E-state index in [1.54, 1.807) is 19.9 Å². The van der Waals surface area contributed by atoms with Gasteiger partial charge in [-0.15, -0.1) is 0 Å². The normalized spacial score (nSPS) is 15.5. The Hall–Kier alpha value is -3.14. The second-order valence-electron chi connectivity index (χ2n) is 16.6. The topological polar surface area (TPSA) is 61.8 Å². The molecule has 4 rings (SSSR count). The molecule has 0 atom stereocenters. The van der Waals surface area contributed by atoms with Crippen LogP contribution in [0.2, 0.25) is 0 Å². The van der Waals surface area contributed by atoms with E-state index in [9.17, 15) is 9.59 Å². The molecule has 0 N–H and O–H groups in total. The Bertz CT molecular complexity index is 1850. The largest absolute Gasteiger partial charge is 0.492 e. The number of aryl methyl sites for hydroxylation is 3. The molecule has 3 aromatic rings. The van der Waals surface area contributed by atoms with Gasteiger partial charge in [0.15, 0.2) is 0 Å². The summed E-state index contributed by atoms with van der Waals surface area (Å²) in [6.45, 7) is 14.8. The molecule has 0 aromatic heterocycles. The summed E-state index contributed by atoms with van der Waals surface area (Å²) in [7, 11) is 0. The van der Waals surface area contributed by atoms with E-state index in [1.807, 2.05) is 6.07 Å². The molecule has 5 nitrogen and oxygen atoms in total. The Morgan fingerprint density at radius 2 is 1.36 bits per heavy atom. The highest BCUT2D eigenvalue weighted by molar-refractivity contribution is 7.80. The molecule has 1 aliphatic rings. The minimum absolute atomic E-state index is 0.0714. The molecule has 0 bridgehead atoms. The van der Waals surface area contributed by atoms with Crippen LogP contribution in [0.25, 0.3) is 22.3 Å². The maximum Gasteiger partial charge on any atom is 0.333 e. The van der Waals surface area contributed by atoms with Crippen LogP contribution in [0.15, 0.2) is 72.8 Å². The summed E-state index contributed by atoms with van der Waals surface area (Å²) in [4.78, 5) is 24.9. The van der Waals surface area contributed by atoms with Crippen molar-refractivity contribution in [2.45, 2.75) is 117 Å². The number of carbonyl (C=O) groups is 2. The van der Waals surface area contributed by atoms with E-state index in [0.717, 1.165) is 95.6 Å². The minimum Gasteiger partial charge on any atom is -0.492 e. The molecular formula is C50H67FO5S3. The monoisotopic (exact) mass is 862 g/mol. The molecule has 0 heterocycles.